The standard InChI is InChI=1S/C26H22F2N4O3S2/c1-26(27,28)35-19-12-10-17(11-13-19)24-29-18(15-34-24)16-37-25-31-30-23(22-9-5-6-14-36-22)32(25)20-7-3-4-8-21(20)33-2/h3-13,15H,14,16H2,1-2H3. The van der Waals surface area contributed by atoms with Crippen molar-refractivity contribution in [3.8, 4) is 28.6 Å². The summed E-state index contributed by atoms with van der Waals surface area (Å²) < 4.78 is 43.9. The number of allylic oxidation sites excluding steroid dienone is 2. The number of para-hydroxylation sites is 2. The number of hydrogen-bond acceptors (Lipinski definition) is 8. The Hall–Kier alpha value is -3.57. The van der Waals surface area contributed by atoms with Gasteiger partial charge in [-0.25, -0.2) is 4.98 Å². The Morgan fingerprint density at radius 2 is 1.95 bits per heavy atom. The molecule has 0 saturated carbocycles. The van der Waals surface area contributed by atoms with E-state index in [1.54, 1.807) is 37.3 Å². The van der Waals surface area contributed by atoms with E-state index in [4.69, 9.17) is 9.15 Å². The van der Waals surface area contributed by atoms with Crippen LogP contribution in [0.4, 0.5) is 8.78 Å². The third kappa shape index (κ3) is 5.89. The molecule has 0 radical (unpaired) electrons. The number of aromatic nitrogens is 4. The summed E-state index contributed by atoms with van der Waals surface area (Å²) in [7, 11) is 1.64. The Balaban J connectivity index is 1.38. The van der Waals surface area contributed by atoms with Crippen molar-refractivity contribution in [2.24, 2.45) is 0 Å². The molecule has 0 atom stereocenters. The molecule has 0 spiro atoms. The largest absolute Gasteiger partial charge is 0.495 e. The fourth-order valence-electron chi connectivity index (χ4n) is 3.61. The van der Waals surface area contributed by atoms with E-state index in [9.17, 15) is 8.78 Å². The number of methoxy groups -OCH3 is 1. The van der Waals surface area contributed by atoms with Crippen LogP contribution in [-0.4, -0.2) is 38.7 Å². The van der Waals surface area contributed by atoms with Gasteiger partial charge in [-0.1, -0.05) is 36.0 Å². The summed E-state index contributed by atoms with van der Waals surface area (Å²) in [6, 6.07) is 13.9. The van der Waals surface area contributed by atoms with Gasteiger partial charge in [-0.15, -0.1) is 22.0 Å². The van der Waals surface area contributed by atoms with Gasteiger partial charge < -0.3 is 13.9 Å². The first-order valence-corrected chi connectivity index (χ1v) is 13.2. The number of hydrogen-bond donors (Lipinski definition) is 0. The van der Waals surface area contributed by atoms with E-state index >= 15 is 0 Å². The van der Waals surface area contributed by atoms with Crippen LogP contribution in [-0.2, 0) is 5.75 Å². The van der Waals surface area contributed by atoms with Crippen LogP contribution in [0.2, 0.25) is 0 Å². The minimum atomic E-state index is -3.25. The van der Waals surface area contributed by atoms with Gasteiger partial charge in [0.05, 0.1) is 23.4 Å². The zero-order valence-electron chi connectivity index (χ0n) is 19.9. The normalized spacial score (nSPS) is 13.5. The Bertz CT molecular complexity index is 1440. The minimum absolute atomic E-state index is 0.0619. The average molecular weight is 541 g/mol. The second-order valence-electron chi connectivity index (χ2n) is 7.95. The van der Waals surface area contributed by atoms with E-state index in [0.29, 0.717) is 40.7 Å². The van der Waals surface area contributed by atoms with Crippen molar-refractivity contribution in [2.75, 3.05) is 12.9 Å². The molecule has 0 fully saturated rings. The van der Waals surface area contributed by atoms with Gasteiger partial charge in [-0.05, 0) is 42.5 Å². The van der Waals surface area contributed by atoms with Crippen LogP contribution in [0.1, 0.15) is 18.4 Å². The van der Waals surface area contributed by atoms with Crippen LogP contribution in [0.15, 0.2) is 82.6 Å². The summed E-state index contributed by atoms with van der Waals surface area (Å²) in [4.78, 5) is 5.57. The molecule has 3 heterocycles. The predicted molar refractivity (Wildman–Crippen MR) is 140 cm³/mol. The highest BCUT2D eigenvalue weighted by Gasteiger charge is 2.23. The lowest BCUT2D eigenvalue weighted by atomic mass is 10.2. The number of ether oxygens (including phenoxy) is 2. The molecule has 0 unspecified atom stereocenters. The molecule has 5 rings (SSSR count). The van der Waals surface area contributed by atoms with Crippen molar-refractivity contribution in [3.05, 3.63) is 84.5 Å². The smallest absolute Gasteiger partial charge is 0.394 e. The number of benzene rings is 2. The highest BCUT2D eigenvalue weighted by Crippen LogP contribution is 2.36. The lowest BCUT2D eigenvalue weighted by Crippen LogP contribution is -2.18. The maximum atomic E-state index is 13.1. The molecule has 2 aromatic heterocycles. The van der Waals surface area contributed by atoms with E-state index in [-0.39, 0.29) is 5.75 Å². The van der Waals surface area contributed by atoms with E-state index < -0.39 is 6.11 Å². The number of oxazole rings is 1. The molecule has 7 nitrogen and oxygen atoms in total. The van der Waals surface area contributed by atoms with Crippen LogP contribution >= 0.6 is 23.5 Å². The molecule has 0 amide bonds. The van der Waals surface area contributed by atoms with Gasteiger partial charge in [0.15, 0.2) is 11.0 Å². The zero-order chi connectivity index (χ0) is 25.8. The maximum absolute atomic E-state index is 13.1. The third-order valence-electron chi connectivity index (χ3n) is 5.20. The van der Waals surface area contributed by atoms with E-state index in [1.807, 2.05) is 41.0 Å². The van der Waals surface area contributed by atoms with Gasteiger partial charge in [0.25, 0.3) is 0 Å². The zero-order valence-corrected chi connectivity index (χ0v) is 21.6. The number of thioether (sulfide) groups is 2. The lowest BCUT2D eigenvalue weighted by Gasteiger charge is -2.15. The first kappa shape index (κ1) is 25.1. The Labute approximate surface area is 220 Å². The molecule has 1 aliphatic rings. The summed E-state index contributed by atoms with van der Waals surface area (Å²) in [6.45, 7) is 0.693. The van der Waals surface area contributed by atoms with Crippen molar-refractivity contribution in [3.63, 3.8) is 0 Å². The third-order valence-corrected chi connectivity index (χ3v) is 7.15. The van der Waals surface area contributed by atoms with Crippen molar-refractivity contribution >= 4 is 28.4 Å². The molecule has 0 saturated heterocycles. The summed E-state index contributed by atoms with van der Waals surface area (Å²) in [5.74, 6) is 3.23. The van der Waals surface area contributed by atoms with Crippen LogP contribution in [0.5, 0.6) is 11.5 Å². The van der Waals surface area contributed by atoms with Gasteiger partial charge in [0.2, 0.25) is 5.89 Å². The number of halogens is 2. The molecule has 4 aromatic rings. The molecule has 11 heteroatoms. The molecule has 1 aliphatic heterocycles. The summed E-state index contributed by atoms with van der Waals surface area (Å²) in [5, 5.41) is 9.65. The molecule has 0 bridgehead atoms. The van der Waals surface area contributed by atoms with Gasteiger partial charge >= 0.3 is 6.11 Å². The van der Waals surface area contributed by atoms with E-state index in [1.165, 1.54) is 23.9 Å². The van der Waals surface area contributed by atoms with Gasteiger partial charge in [0.1, 0.15) is 17.8 Å². The molecular weight excluding hydrogens is 518 g/mol. The maximum Gasteiger partial charge on any atom is 0.394 e. The summed E-state index contributed by atoms with van der Waals surface area (Å²) in [6.07, 6.45) is 4.46. The first-order valence-electron chi connectivity index (χ1n) is 11.2. The predicted octanol–water partition coefficient (Wildman–Crippen LogP) is 6.86. The van der Waals surface area contributed by atoms with Gasteiger partial charge in [-0.2, -0.15) is 8.78 Å². The van der Waals surface area contributed by atoms with Crippen LogP contribution < -0.4 is 9.47 Å². The fourth-order valence-corrected chi connectivity index (χ4v) is 5.25. The summed E-state index contributed by atoms with van der Waals surface area (Å²) >= 11 is 3.16. The summed E-state index contributed by atoms with van der Waals surface area (Å²) in [5.41, 5.74) is 2.19. The fraction of sp³-hybridized carbons (Fsp3) is 0.192. The van der Waals surface area contributed by atoms with E-state index in [2.05, 4.69) is 26.0 Å². The van der Waals surface area contributed by atoms with Crippen molar-refractivity contribution in [1.29, 1.82) is 0 Å². The van der Waals surface area contributed by atoms with Crippen molar-refractivity contribution < 1.29 is 22.7 Å². The van der Waals surface area contributed by atoms with Crippen LogP contribution in [0.25, 0.3) is 22.0 Å². The quantitative estimate of drug-likeness (QED) is 0.213. The molecule has 190 valence electrons. The second-order valence-corrected chi connectivity index (χ2v) is 9.95. The second kappa shape index (κ2) is 10.8. The number of alkyl halides is 2. The monoisotopic (exact) mass is 540 g/mol. The van der Waals surface area contributed by atoms with Crippen molar-refractivity contribution in [2.45, 2.75) is 23.9 Å². The highest BCUT2D eigenvalue weighted by atomic mass is 32.2. The first-order chi connectivity index (χ1) is 17.9. The number of nitrogens with zero attached hydrogens (tertiary/aromatic N) is 4. The number of rotatable bonds is 9. The van der Waals surface area contributed by atoms with Crippen LogP contribution in [0.3, 0.4) is 0 Å². The van der Waals surface area contributed by atoms with Crippen LogP contribution in [0, 0.1) is 0 Å². The Morgan fingerprint density at radius 1 is 1.14 bits per heavy atom. The topological polar surface area (TPSA) is 75.2 Å². The molecule has 2 aromatic carbocycles. The Kier molecular flexibility index (Phi) is 7.33. The molecule has 37 heavy (non-hydrogen) atoms. The van der Waals surface area contributed by atoms with Gasteiger partial charge in [-0.3, -0.25) is 4.57 Å². The highest BCUT2D eigenvalue weighted by molar-refractivity contribution is 8.08. The molecular formula is C26H22F2N4O3S2. The molecule has 0 N–H and O–H groups in total. The van der Waals surface area contributed by atoms with Crippen molar-refractivity contribution in [1.82, 2.24) is 19.7 Å². The minimum Gasteiger partial charge on any atom is -0.495 e. The lowest BCUT2D eigenvalue weighted by molar-refractivity contribution is -0.158. The SMILES string of the molecule is COc1ccccc1-n1c(SCc2coc(-c3ccc(OC(C)(F)F)cc3)n2)nnc1C1=CC=CCS1. The molecule has 0 aliphatic carbocycles. The average Bonchev–Trinajstić information content (AvgIpc) is 3.55. The van der Waals surface area contributed by atoms with Gasteiger partial charge in [0, 0.05) is 24.0 Å². The van der Waals surface area contributed by atoms with E-state index in [0.717, 1.165) is 22.2 Å². The Morgan fingerprint density at radius 3 is 2.68 bits per heavy atom.